The number of fused-ring (bicyclic) bond motifs is 1. The van der Waals surface area contributed by atoms with Gasteiger partial charge in [0.25, 0.3) is 0 Å². The Balaban J connectivity index is 1.83. The van der Waals surface area contributed by atoms with Gasteiger partial charge in [-0.05, 0) is 23.8 Å². The SMILES string of the molecule is Cn1cnc2c(OCc3ccc(F)cc3)nccc21. The zero-order valence-corrected chi connectivity index (χ0v) is 10.4. The van der Waals surface area contributed by atoms with E-state index >= 15 is 0 Å². The zero-order chi connectivity index (χ0) is 13.2. The van der Waals surface area contributed by atoms with Gasteiger partial charge in [-0.2, -0.15) is 0 Å². The first kappa shape index (κ1) is 11.6. The summed E-state index contributed by atoms with van der Waals surface area (Å²) in [7, 11) is 1.92. The number of aromatic nitrogens is 3. The molecule has 0 aliphatic carbocycles. The summed E-state index contributed by atoms with van der Waals surface area (Å²) in [6.07, 6.45) is 3.40. The van der Waals surface area contributed by atoms with Crippen LogP contribution < -0.4 is 4.74 Å². The second-order valence-corrected chi connectivity index (χ2v) is 4.25. The van der Waals surface area contributed by atoms with Gasteiger partial charge in [-0.3, -0.25) is 0 Å². The summed E-state index contributed by atoms with van der Waals surface area (Å²) < 4.78 is 20.3. The predicted molar refractivity (Wildman–Crippen MR) is 69.2 cm³/mol. The number of ether oxygens (including phenoxy) is 1. The molecule has 0 saturated heterocycles. The van der Waals surface area contributed by atoms with Crippen LogP contribution in [-0.2, 0) is 13.7 Å². The second-order valence-electron chi connectivity index (χ2n) is 4.25. The van der Waals surface area contributed by atoms with Crippen LogP contribution in [0.4, 0.5) is 4.39 Å². The molecule has 2 heterocycles. The van der Waals surface area contributed by atoms with E-state index in [-0.39, 0.29) is 5.82 Å². The molecular weight excluding hydrogens is 245 g/mol. The second kappa shape index (κ2) is 4.68. The highest BCUT2D eigenvalue weighted by molar-refractivity contribution is 5.79. The van der Waals surface area contributed by atoms with Crippen LogP contribution in [0.15, 0.2) is 42.9 Å². The van der Waals surface area contributed by atoms with E-state index in [2.05, 4.69) is 9.97 Å². The molecule has 0 amide bonds. The van der Waals surface area contributed by atoms with E-state index < -0.39 is 0 Å². The highest BCUT2D eigenvalue weighted by Gasteiger charge is 2.08. The van der Waals surface area contributed by atoms with Crippen molar-refractivity contribution < 1.29 is 9.13 Å². The van der Waals surface area contributed by atoms with Gasteiger partial charge < -0.3 is 9.30 Å². The van der Waals surface area contributed by atoms with E-state index in [9.17, 15) is 4.39 Å². The summed E-state index contributed by atoms with van der Waals surface area (Å²) in [5.41, 5.74) is 2.58. The van der Waals surface area contributed by atoms with Crippen LogP contribution in [0.1, 0.15) is 5.56 Å². The van der Waals surface area contributed by atoms with Gasteiger partial charge in [-0.15, -0.1) is 0 Å². The lowest BCUT2D eigenvalue weighted by Gasteiger charge is -2.06. The van der Waals surface area contributed by atoms with Crippen LogP contribution in [0.2, 0.25) is 0 Å². The average Bonchev–Trinajstić information content (AvgIpc) is 2.81. The van der Waals surface area contributed by atoms with E-state index in [0.717, 1.165) is 16.6 Å². The van der Waals surface area contributed by atoms with Crippen molar-refractivity contribution in [2.45, 2.75) is 6.61 Å². The van der Waals surface area contributed by atoms with Crippen molar-refractivity contribution in [2.24, 2.45) is 7.05 Å². The molecule has 0 radical (unpaired) electrons. The van der Waals surface area contributed by atoms with Crippen molar-refractivity contribution in [1.29, 1.82) is 0 Å². The van der Waals surface area contributed by atoms with Crippen LogP contribution in [-0.4, -0.2) is 14.5 Å². The first-order valence-electron chi connectivity index (χ1n) is 5.87. The summed E-state index contributed by atoms with van der Waals surface area (Å²) in [6.45, 7) is 0.336. The molecule has 0 spiro atoms. The molecule has 19 heavy (non-hydrogen) atoms. The fourth-order valence-electron chi connectivity index (χ4n) is 1.88. The van der Waals surface area contributed by atoms with Crippen molar-refractivity contribution in [2.75, 3.05) is 0 Å². The molecule has 0 aliphatic rings. The van der Waals surface area contributed by atoms with Gasteiger partial charge >= 0.3 is 0 Å². The lowest BCUT2D eigenvalue weighted by atomic mass is 10.2. The van der Waals surface area contributed by atoms with Crippen LogP contribution >= 0.6 is 0 Å². The first-order valence-corrected chi connectivity index (χ1v) is 5.87. The largest absolute Gasteiger partial charge is 0.471 e. The van der Waals surface area contributed by atoms with E-state index in [4.69, 9.17) is 4.74 Å². The average molecular weight is 257 g/mol. The zero-order valence-electron chi connectivity index (χ0n) is 10.4. The number of imidazole rings is 1. The Morgan fingerprint density at radius 2 is 1.95 bits per heavy atom. The number of rotatable bonds is 3. The molecule has 0 atom stereocenters. The molecule has 1 aromatic carbocycles. The maximum Gasteiger partial charge on any atom is 0.242 e. The molecule has 0 aliphatic heterocycles. The minimum absolute atomic E-state index is 0.256. The molecule has 4 nitrogen and oxygen atoms in total. The Labute approximate surface area is 109 Å². The Morgan fingerprint density at radius 3 is 2.74 bits per heavy atom. The Bertz CT molecular complexity index is 706. The van der Waals surface area contributed by atoms with E-state index in [1.54, 1.807) is 24.7 Å². The fraction of sp³-hybridized carbons (Fsp3) is 0.143. The lowest BCUT2D eigenvalue weighted by Crippen LogP contribution is -1.98. The van der Waals surface area contributed by atoms with Crippen molar-refractivity contribution in [3.63, 3.8) is 0 Å². The van der Waals surface area contributed by atoms with E-state index in [1.807, 2.05) is 17.7 Å². The number of benzene rings is 1. The topological polar surface area (TPSA) is 39.9 Å². The third kappa shape index (κ3) is 2.27. The van der Waals surface area contributed by atoms with E-state index in [0.29, 0.717) is 12.5 Å². The molecule has 5 heteroatoms. The highest BCUT2D eigenvalue weighted by Crippen LogP contribution is 2.21. The summed E-state index contributed by atoms with van der Waals surface area (Å²) in [5, 5.41) is 0. The molecule has 3 aromatic rings. The molecule has 0 N–H and O–H groups in total. The maximum absolute atomic E-state index is 12.8. The minimum Gasteiger partial charge on any atom is -0.471 e. The third-order valence-electron chi connectivity index (χ3n) is 2.90. The Kier molecular flexibility index (Phi) is 2.87. The van der Waals surface area contributed by atoms with Crippen LogP contribution in [0.3, 0.4) is 0 Å². The summed E-state index contributed by atoms with van der Waals surface area (Å²) in [5.74, 6) is 0.233. The van der Waals surface area contributed by atoms with Crippen molar-refractivity contribution >= 4 is 11.0 Å². The maximum atomic E-state index is 12.8. The van der Waals surface area contributed by atoms with Crippen LogP contribution in [0.5, 0.6) is 5.88 Å². The lowest BCUT2D eigenvalue weighted by molar-refractivity contribution is 0.297. The third-order valence-corrected chi connectivity index (χ3v) is 2.90. The molecule has 0 saturated carbocycles. The van der Waals surface area contributed by atoms with Crippen molar-refractivity contribution in [3.8, 4) is 5.88 Å². The highest BCUT2D eigenvalue weighted by atomic mass is 19.1. The normalized spacial score (nSPS) is 10.8. The van der Waals surface area contributed by atoms with Gasteiger partial charge in [0, 0.05) is 13.2 Å². The Hall–Kier alpha value is -2.43. The number of aryl methyl sites for hydroxylation is 1. The number of halogens is 1. The molecular formula is C14H12FN3O. The molecule has 96 valence electrons. The number of nitrogens with zero attached hydrogens (tertiary/aromatic N) is 3. The molecule has 0 unspecified atom stereocenters. The van der Waals surface area contributed by atoms with Gasteiger partial charge in [-0.25, -0.2) is 14.4 Å². The van der Waals surface area contributed by atoms with Gasteiger partial charge in [0.15, 0.2) is 5.52 Å². The van der Waals surface area contributed by atoms with Gasteiger partial charge in [0.2, 0.25) is 5.88 Å². The van der Waals surface area contributed by atoms with Gasteiger partial charge in [0.05, 0.1) is 11.8 Å². The molecule has 0 fully saturated rings. The number of pyridine rings is 1. The fourth-order valence-corrected chi connectivity index (χ4v) is 1.88. The quantitative estimate of drug-likeness (QED) is 0.724. The first-order chi connectivity index (χ1) is 9.24. The summed E-state index contributed by atoms with van der Waals surface area (Å²) in [4.78, 5) is 8.44. The van der Waals surface area contributed by atoms with Crippen LogP contribution in [0, 0.1) is 5.82 Å². The predicted octanol–water partition coefficient (Wildman–Crippen LogP) is 2.69. The van der Waals surface area contributed by atoms with E-state index in [1.165, 1.54) is 12.1 Å². The number of hydrogen-bond donors (Lipinski definition) is 0. The van der Waals surface area contributed by atoms with Gasteiger partial charge in [-0.1, -0.05) is 12.1 Å². The molecule has 0 bridgehead atoms. The Morgan fingerprint density at radius 1 is 1.16 bits per heavy atom. The molecule has 3 rings (SSSR count). The summed E-state index contributed by atoms with van der Waals surface area (Å²) in [6, 6.07) is 8.08. The standard InChI is InChI=1S/C14H12FN3O/c1-18-9-17-13-12(18)6-7-16-14(13)19-8-10-2-4-11(15)5-3-10/h2-7,9H,8H2,1H3. The van der Waals surface area contributed by atoms with Crippen molar-refractivity contribution in [1.82, 2.24) is 14.5 Å². The molecule has 2 aromatic heterocycles. The number of hydrogen-bond acceptors (Lipinski definition) is 3. The van der Waals surface area contributed by atoms with Crippen molar-refractivity contribution in [3.05, 3.63) is 54.2 Å². The smallest absolute Gasteiger partial charge is 0.242 e. The monoisotopic (exact) mass is 257 g/mol. The minimum atomic E-state index is -0.256. The van der Waals surface area contributed by atoms with Gasteiger partial charge in [0.1, 0.15) is 12.4 Å². The summed E-state index contributed by atoms with van der Waals surface area (Å²) >= 11 is 0. The van der Waals surface area contributed by atoms with Crippen LogP contribution in [0.25, 0.3) is 11.0 Å².